The number of nitrogens with one attached hydrogen (secondary N) is 1. The predicted octanol–water partition coefficient (Wildman–Crippen LogP) is 4.31. The molecule has 0 fully saturated rings. The largest absolute Gasteiger partial charge is 0.345 e. The van der Waals surface area contributed by atoms with Crippen molar-refractivity contribution in [2.45, 2.75) is 19.9 Å². The van der Waals surface area contributed by atoms with E-state index in [2.05, 4.69) is 40.3 Å². The maximum Gasteiger partial charge on any atom is 0.252 e. The Kier molecular flexibility index (Phi) is 4.19. The molecule has 1 N–H and O–H groups in total. The van der Waals surface area contributed by atoms with E-state index < -0.39 is 0 Å². The first-order chi connectivity index (χ1) is 8.58. The molecule has 2 aromatic rings. The second-order valence-corrected chi connectivity index (χ2v) is 6.30. The summed E-state index contributed by atoms with van der Waals surface area (Å²) >= 11 is 5.10. The highest BCUT2D eigenvalue weighted by Gasteiger charge is 2.14. The van der Waals surface area contributed by atoms with Gasteiger partial charge in [0.2, 0.25) is 0 Å². The molecule has 0 saturated heterocycles. The quantitative estimate of drug-likeness (QED) is 0.895. The maximum atomic E-state index is 12.1. The van der Waals surface area contributed by atoms with Gasteiger partial charge in [0.25, 0.3) is 5.91 Å². The second-order valence-electron chi connectivity index (χ2n) is 4.12. The monoisotopic (exact) mass is 323 g/mol. The van der Waals surface area contributed by atoms with Gasteiger partial charge in [0.1, 0.15) is 0 Å². The van der Waals surface area contributed by atoms with Crippen LogP contribution in [0.5, 0.6) is 0 Å². The lowest BCUT2D eigenvalue weighted by atomic mass is 10.2. The van der Waals surface area contributed by atoms with E-state index in [1.807, 2.05) is 31.2 Å². The lowest BCUT2D eigenvalue weighted by Crippen LogP contribution is -2.26. The summed E-state index contributed by atoms with van der Waals surface area (Å²) in [5.74, 6) is -0.0546. The fourth-order valence-electron chi connectivity index (χ4n) is 1.68. The van der Waals surface area contributed by atoms with Crippen molar-refractivity contribution in [2.24, 2.45) is 0 Å². The molecule has 2 nitrogen and oxygen atoms in total. The highest BCUT2D eigenvalue weighted by molar-refractivity contribution is 9.10. The summed E-state index contributed by atoms with van der Waals surface area (Å²) in [6.07, 6.45) is 0. The predicted molar refractivity (Wildman–Crippen MR) is 79.1 cm³/mol. The van der Waals surface area contributed by atoms with Gasteiger partial charge in [-0.15, -0.1) is 11.3 Å². The normalized spacial score (nSPS) is 12.2. The van der Waals surface area contributed by atoms with E-state index >= 15 is 0 Å². The molecular weight excluding hydrogens is 310 g/mol. The summed E-state index contributed by atoms with van der Waals surface area (Å²) in [6.45, 7) is 4.07. The van der Waals surface area contributed by atoms with Crippen LogP contribution in [0.4, 0.5) is 0 Å². The average molecular weight is 324 g/mol. The van der Waals surface area contributed by atoms with Gasteiger partial charge in [0.05, 0.1) is 11.6 Å². The minimum atomic E-state index is -0.0546. The van der Waals surface area contributed by atoms with Crippen LogP contribution in [-0.2, 0) is 0 Å². The van der Waals surface area contributed by atoms with Crippen molar-refractivity contribution in [1.29, 1.82) is 0 Å². The molecule has 1 aromatic carbocycles. The summed E-state index contributed by atoms with van der Waals surface area (Å²) in [5.41, 5.74) is 0.664. The summed E-state index contributed by atoms with van der Waals surface area (Å²) in [4.78, 5) is 14.6. The van der Waals surface area contributed by atoms with Crippen LogP contribution in [0.15, 0.2) is 40.9 Å². The molecule has 0 radical (unpaired) electrons. The molecule has 1 heterocycles. The molecule has 1 atom stereocenters. The zero-order valence-electron chi connectivity index (χ0n) is 10.2. The number of aryl methyl sites for hydroxylation is 1. The molecule has 0 aliphatic carbocycles. The van der Waals surface area contributed by atoms with Crippen molar-refractivity contribution >= 4 is 33.2 Å². The van der Waals surface area contributed by atoms with Gasteiger partial charge >= 0.3 is 0 Å². The zero-order chi connectivity index (χ0) is 13.1. The first-order valence-electron chi connectivity index (χ1n) is 5.69. The number of hydrogen-bond acceptors (Lipinski definition) is 2. The maximum absolute atomic E-state index is 12.1. The zero-order valence-corrected chi connectivity index (χ0v) is 12.6. The first-order valence-corrected chi connectivity index (χ1v) is 7.30. The highest BCUT2D eigenvalue weighted by atomic mass is 79.9. The standard InChI is InChI=1S/C14H14BrNOS/c1-9-7-8-13(18-9)10(2)16-14(17)11-5-3-4-6-12(11)15/h3-8,10H,1-2H3,(H,16,17). The van der Waals surface area contributed by atoms with Gasteiger partial charge in [0.15, 0.2) is 0 Å². The minimum Gasteiger partial charge on any atom is -0.345 e. The van der Waals surface area contributed by atoms with Crippen LogP contribution >= 0.6 is 27.3 Å². The average Bonchev–Trinajstić information content (AvgIpc) is 2.76. The molecule has 0 aliphatic heterocycles. The summed E-state index contributed by atoms with van der Waals surface area (Å²) in [5, 5.41) is 3.01. The van der Waals surface area contributed by atoms with Crippen LogP contribution in [0.1, 0.15) is 33.1 Å². The molecule has 0 bridgehead atoms. The first kappa shape index (κ1) is 13.3. The third kappa shape index (κ3) is 3.00. The van der Waals surface area contributed by atoms with E-state index in [9.17, 15) is 4.79 Å². The Morgan fingerprint density at radius 3 is 2.61 bits per heavy atom. The number of rotatable bonds is 3. The number of carbonyl (C=O) groups is 1. The van der Waals surface area contributed by atoms with E-state index in [0.717, 1.165) is 4.47 Å². The summed E-state index contributed by atoms with van der Waals surface area (Å²) in [6, 6.07) is 11.6. The molecule has 0 spiro atoms. The van der Waals surface area contributed by atoms with Gasteiger partial charge in [-0.2, -0.15) is 0 Å². The molecule has 1 aromatic heterocycles. The summed E-state index contributed by atoms with van der Waals surface area (Å²) in [7, 11) is 0. The number of amides is 1. The van der Waals surface area contributed by atoms with Crippen LogP contribution in [0.25, 0.3) is 0 Å². The molecule has 18 heavy (non-hydrogen) atoms. The fourth-order valence-corrected chi connectivity index (χ4v) is 3.02. The van der Waals surface area contributed by atoms with Gasteiger partial charge in [0, 0.05) is 14.2 Å². The van der Waals surface area contributed by atoms with Crippen molar-refractivity contribution in [2.75, 3.05) is 0 Å². The van der Waals surface area contributed by atoms with Gasteiger partial charge < -0.3 is 5.32 Å². The van der Waals surface area contributed by atoms with Gasteiger partial charge in [-0.3, -0.25) is 4.79 Å². The van der Waals surface area contributed by atoms with Crippen LogP contribution in [0, 0.1) is 6.92 Å². The Morgan fingerprint density at radius 2 is 2.00 bits per heavy atom. The van der Waals surface area contributed by atoms with E-state index in [0.29, 0.717) is 5.56 Å². The molecule has 0 aliphatic rings. The van der Waals surface area contributed by atoms with Gasteiger partial charge in [-0.25, -0.2) is 0 Å². The Labute approximate surface area is 119 Å². The van der Waals surface area contributed by atoms with Gasteiger partial charge in [-0.05, 0) is 54.0 Å². The Hall–Kier alpha value is -1.13. The SMILES string of the molecule is Cc1ccc(C(C)NC(=O)c2ccccc2Br)s1. The van der Waals surface area contributed by atoms with Crippen molar-refractivity contribution in [3.05, 3.63) is 56.2 Å². The fraction of sp³-hybridized carbons (Fsp3) is 0.214. The number of carbonyl (C=O) groups excluding carboxylic acids is 1. The van der Waals surface area contributed by atoms with Crippen LogP contribution in [-0.4, -0.2) is 5.91 Å². The molecule has 94 valence electrons. The number of benzene rings is 1. The molecule has 2 rings (SSSR count). The van der Waals surface area contributed by atoms with E-state index in [1.165, 1.54) is 9.75 Å². The number of hydrogen-bond donors (Lipinski definition) is 1. The Morgan fingerprint density at radius 1 is 1.28 bits per heavy atom. The minimum absolute atomic E-state index is 0.0308. The molecule has 4 heteroatoms. The van der Waals surface area contributed by atoms with Crippen molar-refractivity contribution in [3.8, 4) is 0 Å². The molecule has 1 amide bonds. The van der Waals surface area contributed by atoms with E-state index in [1.54, 1.807) is 11.3 Å². The van der Waals surface area contributed by atoms with Crippen molar-refractivity contribution < 1.29 is 4.79 Å². The van der Waals surface area contributed by atoms with Crippen molar-refractivity contribution in [3.63, 3.8) is 0 Å². The van der Waals surface area contributed by atoms with Crippen LogP contribution < -0.4 is 5.32 Å². The molecular formula is C14H14BrNOS. The third-order valence-corrected chi connectivity index (χ3v) is 4.53. The third-order valence-electron chi connectivity index (χ3n) is 2.65. The van der Waals surface area contributed by atoms with Crippen LogP contribution in [0.2, 0.25) is 0 Å². The second kappa shape index (κ2) is 5.67. The lowest BCUT2D eigenvalue weighted by Gasteiger charge is -2.13. The highest BCUT2D eigenvalue weighted by Crippen LogP contribution is 2.23. The smallest absolute Gasteiger partial charge is 0.252 e. The number of thiophene rings is 1. The van der Waals surface area contributed by atoms with E-state index in [-0.39, 0.29) is 11.9 Å². The molecule has 1 unspecified atom stereocenters. The number of halogens is 1. The Bertz CT molecular complexity index is 564. The topological polar surface area (TPSA) is 29.1 Å². The van der Waals surface area contributed by atoms with Gasteiger partial charge in [-0.1, -0.05) is 12.1 Å². The molecule has 0 saturated carbocycles. The summed E-state index contributed by atoms with van der Waals surface area (Å²) < 4.78 is 0.817. The van der Waals surface area contributed by atoms with Crippen LogP contribution in [0.3, 0.4) is 0 Å². The van der Waals surface area contributed by atoms with E-state index in [4.69, 9.17) is 0 Å². The van der Waals surface area contributed by atoms with Crippen molar-refractivity contribution in [1.82, 2.24) is 5.32 Å². The lowest BCUT2D eigenvalue weighted by molar-refractivity contribution is 0.0939. The Balaban J connectivity index is 2.10.